The van der Waals surface area contributed by atoms with Crippen LogP contribution < -0.4 is 10.0 Å². The number of ketones is 1. The van der Waals surface area contributed by atoms with E-state index in [1.54, 1.807) is 38.1 Å². The predicted octanol–water partition coefficient (Wildman–Crippen LogP) is 8.41. The van der Waals surface area contributed by atoms with E-state index in [1.165, 1.54) is 0 Å². The third-order valence-electron chi connectivity index (χ3n) is 9.76. The predicted molar refractivity (Wildman–Crippen MR) is 218 cm³/mol. The average Bonchev–Trinajstić information content (AvgIpc) is 3.16. The van der Waals surface area contributed by atoms with E-state index in [9.17, 15) is 19.5 Å². The first-order chi connectivity index (χ1) is 26.2. The van der Waals surface area contributed by atoms with Crippen LogP contribution in [0.5, 0.6) is 0 Å². The zero-order valence-electron chi connectivity index (χ0n) is 32.9. The fraction of sp³-hybridized carbons (Fsp3) is 0.277. The molecule has 0 bridgehead atoms. The molecule has 0 saturated heterocycles. The van der Waals surface area contributed by atoms with Crippen molar-refractivity contribution in [2.45, 2.75) is 73.5 Å². The van der Waals surface area contributed by atoms with Gasteiger partial charge in [0.05, 0.1) is 6.54 Å². The molecule has 2 aliphatic carbocycles. The van der Waals surface area contributed by atoms with Gasteiger partial charge >= 0.3 is 11.9 Å². The van der Waals surface area contributed by atoms with E-state index >= 15 is 0 Å². The standard InChI is InChI=1S/C47H50N2O6/c1-10-39(54-46(52)29(3)4)27-48(36-19-12-31(7)13-20-36)37-21-15-34(16-22-37)42-44(50)43(45(42)51)35-17-23-38(24-18-35)49(41-25-14-32(8)26-33(41)9)28-40(11-2)55-47(53)30(5)6/h12-26,39-40H,3,5,10-11,27-28H2,1-2,4,6-9H3. The minimum Gasteiger partial charge on any atom is -0.871 e. The monoisotopic (exact) mass is 738 g/mol. The third-order valence-corrected chi connectivity index (χ3v) is 9.76. The average molecular weight is 739 g/mol. The lowest BCUT2D eigenvalue weighted by Crippen LogP contribution is -2.32. The lowest BCUT2D eigenvalue weighted by molar-refractivity contribution is -0.451. The Hall–Kier alpha value is -6.02. The molecular formula is C47H50N2O6. The first-order valence-corrected chi connectivity index (χ1v) is 18.7. The molecule has 8 heteroatoms. The van der Waals surface area contributed by atoms with E-state index < -0.39 is 24.1 Å². The van der Waals surface area contributed by atoms with Crippen molar-refractivity contribution in [3.05, 3.63) is 154 Å². The number of nitrogens with zero attached hydrogens (tertiary/aromatic N) is 2. The molecule has 2 atom stereocenters. The number of anilines is 2. The fourth-order valence-corrected chi connectivity index (χ4v) is 6.48. The summed E-state index contributed by atoms with van der Waals surface area (Å²) in [5.74, 6) is -1.47. The van der Waals surface area contributed by atoms with Crippen molar-refractivity contribution in [2.75, 3.05) is 18.0 Å². The van der Waals surface area contributed by atoms with Gasteiger partial charge in [0.15, 0.2) is 18.4 Å². The molecular weight excluding hydrogens is 689 g/mol. The second kappa shape index (κ2) is 17.4. The molecule has 3 aromatic carbocycles. The number of ether oxygens (including phenoxy) is 2. The molecule has 0 aromatic heterocycles. The van der Waals surface area contributed by atoms with Gasteiger partial charge in [-0.25, -0.2) is 9.59 Å². The smallest absolute Gasteiger partial charge is 0.333 e. The number of esters is 2. The van der Waals surface area contributed by atoms with Crippen LogP contribution >= 0.6 is 0 Å². The highest BCUT2D eigenvalue weighted by Gasteiger charge is 2.32. The van der Waals surface area contributed by atoms with Gasteiger partial charge in [-0.05, 0) is 101 Å². The van der Waals surface area contributed by atoms with E-state index in [-0.39, 0.29) is 22.7 Å². The largest absolute Gasteiger partial charge is 0.871 e. The summed E-state index contributed by atoms with van der Waals surface area (Å²) in [6, 6.07) is 21.6. The second-order valence-electron chi connectivity index (χ2n) is 14.3. The molecule has 0 heterocycles. The van der Waals surface area contributed by atoms with E-state index in [0.717, 1.165) is 39.5 Å². The highest BCUT2D eigenvalue weighted by atomic mass is 16.5. The molecule has 0 saturated carbocycles. The number of allylic oxidation sites excluding steroid dienone is 7. The topological polar surface area (TPSA) is 99.0 Å². The molecule has 2 aliphatic rings. The third kappa shape index (κ3) is 9.20. The number of benzene rings is 3. The van der Waals surface area contributed by atoms with Crippen molar-refractivity contribution in [1.82, 2.24) is 0 Å². The van der Waals surface area contributed by atoms with Gasteiger partial charge in [0.1, 0.15) is 6.10 Å². The molecule has 0 spiro atoms. The van der Waals surface area contributed by atoms with Gasteiger partial charge in [0.2, 0.25) is 11.4 Å². The molecule has 5 rings (SSSR count). The van der Waals surface area contributed by atoms with Crippen LogP contribution in [0.4, 0.5) is 17.1 Å². The van der Waals surface area contributed by atoms with Crippen molar-refractivity contribution in [3.63, 3.8) is 0 Å². The Morgan fingerprint density at radius 2 is 1.27 bits per heavy atom. The minimum absolute atomic E-state index is 0.149. The molecule has 3 aromatic rings. The van der Waals surface area contributed by atoms with Gasteiger partial charge in [-0.3, -0.25) is 4.79 Å². The van der Waals surface area contributed by atoms with Gasteiger partial charge < -0.3 is 19.5 Å². The van der Waals surface area contributed by atoms with Gasteiger partial charge in [-0.1, -0.05) is 74.2 Å². The molecule has 0 radical (unpaired) electrons. The zero-order chi connectivity index (χ0) is 40.0. The summed E-state index contributed by atoms with van der Waals surface area (Å²) in [6.45, 7) is 21.5. The van der Waals surface area contributed by atoms with Crippen molar-refractivity contribution < 1.29 is 33.5 Å². The van der Waals surface area contributed by atoms with Gasteiger partial charge in [-0.15, -0.1) is 0 Å². The summed E-state index contributed by atoms with van der Waals surface area (Å²) in [7, 11) is 0. The number of hydrogen-bond acceptors (Lipinski definition) is 7. The number of carbonyl (C=O) groups excluding carboxylic acids is 3. The summed E-state index contributed by atoms with van der Waals surface area (Å²) in [5, 5.41) is 13.6. The molecule has 0 aliphatic heterocycles. The number of carbonyl (C=O) groups is 3. The Balaban J connectivity index is 1.43. The van der Waals surface area contributed by atoms with E-state index in [2.05, 4.69) is 28.7 Å². The number of hydrogen-bond donors (Lipinski definition) is 0. The Kier molecular flexibility index (Phi) is 12.7. The Morgan fingerprint density at radius 1 is 0.745 bits per heavy atom. The van der Waals surface area contributed by atoms with Crippen molar-refractivity contribution in [1.29, 1.82) is 0 Å². The van der Waals surface area contributed by atoms with Crippen LogP contribution in [-0.2, 0) is 23.9 Å². The molecule has 8 nitrogen and oxygen atoms in total. The fourth-order valence-electron chi connectivity index (χ4n) is 6.48. The molecule has 284 valence electrons. The van der Waals surface area contributed by atoms with E-state index in [4.69, 9.17) is 9.47 Å². The van der Waals surface area contributed by atoms with Crippen LogP contribution in [0.25, 0.3) is 5.57 Å². The van der Waals surface area contributed by atoms with Crippen LogP contribution in [0.1, 0.15) is 62.8 Å². The second-order valence-corrected chi connectivity index (χ2v) is 14.3. The maximum Gasteiger partial charge on any atom is 0.333 e. The normalized spacial score (nSPS) is 14.7. The van der Waals surface area contributed by atoms with Crippen molar-refractivity contribution in [2.24, 2.45) is 0 Å². The number of aryl methyl sites for hydroxylation is 3. The van der Waals surface area contributed by atoms with E-state index in [1.807, 2.05) is 95.3 Å². The molecule has 55 heavy (non-hydrogen) atoms. The number of Topliss-reactive ketones (excluding diaryl/α,β-unsaturated/α-hetero) is 1. The van der Waals surface area contributed by atoms with Crippen molar-refractivity contribution >= 4 is 46.1 Å². The Morgan fingerprint density at radius 3 is 1.78 bits per heavy atom. The quantitative estimate of drug-likeness (QED) is 0.0931. The molecule has 0 fully saturated rings. The molecule has 0 amide bonds. The Labute approximate surface area is 324 Å². The molecule has 0 N–H and O–H groups in total. The van der Waals surface area contributed by atoms with Gasteiger partial charge in [0, 0.05) is 57.4 Å². The number of rotatable bonds is 14. The van der Waals surface area contributed by atoms with E-state index in [0.29, 0.717) is 48.2 Å². The SMILES string of the molecule is C=C(C)C(=O)OC(CC)CN(c1ccc(C)cc1)c1ccc(C2=C([O-])C(=C3C=CC(=[N+](CC(CC)OC(=O)C(=C)C)c4ccc(C)cc4C)C=C3)C2=O)cc1. The van der Waals surface area contributed by atoms with Crippen LogP contribution in [0.3, 0.4) is 0 Å². The summed E-state index contributed by atoms with van der Waals surface area (Å²) < 4.78 is 13.6. The van der Waals surface area contributed by atoms with Gasteiger partial charge in [0.25, 0.3) is 0 Å². The highest BCUT2D eigenvalue weighted by Crippen LogP contribution is 2.38. The van der Waals surface area contributed by atoms with Crippen LogP contribution in [0, 0.1) is 20.8 Å². The van der Waals surface area contributed by atoms with Crippen LogP contribution in [0.15, 0.2) is 132 Å². The summed E-state index contributed by atoms with van der Waals surface area (Å²) in [5.41, 5.74) is 8.91. The van der Waals surface area contributed by atoms with Crippen LogP contribution in [-0.4, -0.2) is 53.3 Å². The maximum absolute atomic E-state index is 13.6. The highest BCUT2D eigenvalue weighted by molar-refractivity contribution is 6.39. The first kappa shape index (κ1) is 40.2. The zero-order valence-corrected chi connectivity index (χ0v) is 32.9. The summed E-state index contributed by atoms with van der Waals surface area (Å²) in [4.78, 5) is 40.5. The Bertz CT molecular complexity index is 2160. The summed E-state index contributed by atoms with van der Waals surface area (Å²) in [6.07, 6.45) is 7.79. The van der Waals surface area contributed by atoms with Crippen molar-refractivity contribution in [3.8, 4) is 0 Å². The minimum atomic E-state index is -0.434. The first-order valence-electron chi connectivity index (χ1n) is 18.7. The molecule has 2 unspecified atom stereocenters. The summed E-state index contributed by atoms with van der Waals surface area (Å²) >= 11 is 0. The maximum atomic E-state index is 13.6. The van der Waals surface area contributed by atoms with Crippen LogP contribution in [0.2, 0.25) is 0 Å². The lowest BCUT2D eigenvalue weighted by Gasteiger charge is -2.33. The lowest BCUT2D eigenvalue weighted by atomic mass is 9.80. The van der Waals surface area contributed by atoms with Gasteiger partial charge in [-0.2, -0.15) is 4.58 Å².